The average molecular weight is 388 g/mol. The summed E-state index contributed by atoms with van der Waals surface area (Å²) in [5, 5.41) is 2.74. The van der Waals surface area contributed by atoms with Gasteiger partial charge in [0, 0.05) is 5.69 Å². The van der Waals surface area contributed by atoms with Crippen LogP contribution in [0.4, 0.5) is 14.5 Å². The van der Waals surface area contributed by atoms with Crippen molar-refractivity contribution in [1.29, 1.82) is 0 Å². The second-order valence-electron chi connectivity index (χ2n) is 5.25. The summed E-state index contributed by atoms with van der Waals surface area (Å²) in [5.74, 6) is -0.136. The van der Waals surface area contributed by atoms with E-state index in [-0.39, 0.29) is 18.2 Å². The zero-order valence-electron chi connectivity index (χ0n) is 13.3. The number of benzene rings is 1. The van der Waals surface area contributed by atoms with E-state index in [0.717, 1.165) is 9.78 Å². The van der Waals surface area contributed by atoms with Gasteiger partial charge in [0.15, 0.2) is 6.54 Å². The number of carbonyl (C=O) groups is 1. The van der Waals surface area contributed by atoms with Crippen molar-refractivity contribution in [3.05, 3.63) is 58.3 Å². The van der Waals surface area contributed by atoms with Gasteiger partial charge in [-0.15, -0.1) is 11.3 Å². The van der Waals surface area contributed by atoms with Crippen LogP contribution in [0.25, 0.3) is 0 Å². The molecule has 1 unspecified atom stereocenters. The minimum atomic E-state index is -2.87. The van der Waals surface area contributed by atoms with Crippen LogP contribution in [0.15, 0.2) is 49.1 Å². The van der Waals surface area contributed by atoms with E-state index in [0.29, 0.717) is 23.1 Å². The van der Waals surface area contributed by atoms with Gasteiger partial charge in [0.25, 0.3) is 5.91 Å². The van der Waals surface area contributed by atoms with Gasteiger partial charge in [-0.05, 0) is 42.5 Å². The van der Waals surface area contributed by atoms with Gasteiger partial charge in [0.2, 0.25) is 0 Å². The smallest absolute Gasteiger partial charge is 0.387 e. The Bertz CT molecular complexity index is 707. The second kappa shape index (κ2) is 9.50. The van der Waals surface area contributed by atoms with Crippen molar-refractivity contribution in [3.63, 3.8) is 0 Å². The van der Waals surface area contributed by atoms with Gasteiger partial charge in [0.1, 0.15) is 12.3 Å². The van der Waals surface area contributed by atoms with E-state index in [2.05, 4.69) is 16.6 Å². The molecule has 1 aromatic carbocycles. The molecule has 0 radical (unpaired) electrons. The van der Waals surface area contributed by atoms with E-state index in [1.54, 1.807) is 6.08 Å². The van der Waals surface area contributed by atoms with Crippen LogP contribution >= 0.6 is 22.9 Å². The summed E-state index contributed by atoms with van der Waals surface area (Å²) in [5.41, 5.74) is 0.517. The van der Waals surface area contributed by atoms with Gasteiger partial charge in [-0.3, -0.25) is 4.79 Å². The highest BCUT2D eigenvalue weighted by atomic mass is 35.5. The number of halogens is 3. The molecule has 0 aliphatic rings. The van der Waals surface area contributed by atoms with Crippen LogP contribution in [0, 0.1) is 0 Å². The first-order valence-electron chi connectivity index (χ1n) is 7.49. The molecule has 0 saturated carbocycles. The van der Waals surface area contributed by atoms with E-state index in [1.165, 1.54) is 35.6 Å². The maximum absolute atomic E-state index is 12.2. The summed E-state index contributed by atoms with van der Waals surface area (Å²) in [6.45, 7) is 2.39. The van der Waals surface area contributed by atoms with Crippen LogP contribution in [-0.4, -0.2) is 25.6 Å². The van der Waals surface area contributed by atoms with Gasteiger partial charge in [-0.25, -0.2) is 0 Å². The van der Waals surface area contributed by atoms with Crippen molar-refractivity contribution < 1.29 is 23.2 Å². The Kier molecular flexibility index (Phi) is 7.36. The molecule has 0 aliphatic carbocycles. The number of quaternary nitrogens is 1. The Morgan fingerprint density at radius 2 is 2.04 bits per heavy atom. The molecule has 2 rings (SSSR count). The van der Waals surface area contributed by atoms with Crippen LogP contribution in [0.3, 0.4) is 0 Å². The topological polar surface area (TPSA) is 42.8 Å². The Labute approximate surface area is 153 Å². The molecule has 1 amide bonds. The van der Waals surface area contributed by atoms with Crippen LogP contribution in [0.1, 0.15) is 4.88 Å². The third-order valence-electron chi connectivity index (χ3n) is 3.26. The number of hydrogen-bond acceptors (Lipinski definition) is 3. The zero-order valence-corrected chi connectivity index (χ0v) is 14.9. The fraction of sp³-hybridized carbons (Fsp3) is 0.235. The zero-order chi connectivity index (χ0) is 18.2. The molecule has 8 heteroatoms. The number of nitrogens with one attached hydrogen (secondary N) is 2. The van der Waals surface area contributed by atoms with Crippen molar-refractivity contribution >= 4 is 34.5 Å². The second-order valence-corrected chi connectivity index (χ2v) is 7.05. The van der Waals surface area contributed by atoms with Crippen molar-refractivity contribution in [2.75, 3.05) is 18.4 Å². The van der Waals surface area contributed by atoms with Gasteiger partial charge in [-0.2, -0.15) is 8.78 Å². The number of hydrogen-bond donors (Lipinski definition) is 2. The number of carbonyl (C=O) groups excluding carboxylic acids is 1. The average Bonchev–Trinajstić information content (AvgIpc) is 2.94. The summed E-state index contributed by atoms with van der Waals surface area (Å²) in [7, 11) is 0. The van der Waals surface area contributed by atoms with E-state index in [4.69, 9.17) is 11.6 Å². The summed E-state index contributed by atoms with van der Waals surface area (Å²) < 4.78 is 29.2. The first-order valence-corrected chi connectivity index (χ1v) is 8.69. The monoisotopic (exact) mass is 387 g/mol. The summed E-state index contributed by atoms with van der Waals surface area (Å²) in [4.78, 5) is 14.3. The molecule has 0 fully saturated rings. The third-order valence-corrected chi connectivity index (χ3v) is 4.49. The van der Waals surface area contributed by atoms with Crippen LogP contribution in [0.5, 0.6) is 5.75 Å². The van der Waals surface area contributed by atoms with Gasteiger partial charge >= 0.3 is 6.61 Å². The molecule has 4 nitrogen and oxygen atoms in total. The molecule has 2 aromatic rings. The first-order chi connectivity index (χ1) is 12.0. The number of alkyl halides is 2. The highest BCUT2D eigenvalue weighted by Crippen LogP contribution is 2.20. The molecular formula is C17H18ClF2N2O2S+. The van der Waals surface area contributed by atoms with Crippen molar-refractivity contribution in [2.45, 2.75) is 13.2 Å². The van der Waals surface area contributed by atoms with E-state index < -0.39 is 6.61 Å². The van der Waals surface area contributed by atoms with Gasteiger partial charge < -0.3 is 15.0 Å². The standard InChI is InChI=1S/C17H17ClF2N2O2S/c1-2-9-22(10-14-7-8-15(18)25-14)11-16(23)21-12-3-5-13(6-4-12)24-17(19)20/h2-8,17H,1,9-11H2,(H,21,23)/p+1. The predicted octanol–water partition coefficient (Wildman–Crippen LogP) is 3.21. The lowest BCUT2D eigenvalue weighted by Crippen LogP contribution is -3.11. The fourth-order valence-corrected chi connectivity index (χ4v) is 3.42. The lowest BCUT2D eigenvalue weighted by atomic mass is 10.3. The van der Waals surface area contributed by atoms with Crippen molar-refractivity contribution in [2.24, 2.45) is 0 Å². The lowest BCUT2D eigenvalue weighted by molar-refractivity contribution is -0.899. The van der Waals surface area contributed by atoms with E-state index in [9.17, 15) is 13.6 Å². The lowest BCUT2D eigenvalue weighted by Gasteiger charge is -2.16. The number of amides is 1. The largest absolute Gasteiger partial charge is 0.435 e. The Morgan fingerprint density at radius 3 is 2.60 bits per heavy atom. The maximum atomic E-state index is 12.2. The Morgan fingerprint density at radius 1 is 1.32 bits per heavy atom. The molecule has 0 spiro atoms. The number of anilines is 1. The van der Waals surface area contributed by atoms with Crippen molar-refractivity contribution in [1.82, 2.24) is 0 Å². The first kappa shape index (κ1) is 19.4. The number of thiophene rings is 1. The molecule has 0 bridgehead atoms. The van der Waals surface area contributed by atoms with Gasteiger partial charge in [0.05, 0.1) is 15.8 Å². The summed E-state index contributed by atoms with van der Waals surface area (Å²) >= 11 is 7.41. The van der Waals surface area contributed by atoms with E-state index in [1.807, 2.05) is 12.1 Å². The van der Waals surface area contributed by atoms with Crippen LogP contribution < -0.4 is 15.0 Å². The predicted molar refractivity (Wildman–Crippen MR) is 95.6 cm³/mol. The minimum Gasteiger partial charge on any atom is -0.435 e. The SMILES string of the molecule is C=CC[NH+](CC(=O)Nc1ccc(OC(F)F)cc1)Cc1ccc(Cl)s1. The van der Waals surface area contributed by atoms with E-state index >= 15 is 0 Å². The maximum Gasteiger partial charge on any atom is 0.387 e. The molecule has 25 heavy (non-hydrogen) atoms. The minimum absolute atomic E-state index is 0.0430. The Hall–Kier alpha value is -1.96. The summed E-state index contributed by atoms with van der Waals surface area (Å²) in [6.07, 6.45) is 1.76. The van der Waals surface area contributed by atoms with Crippen molar-refractivity contribution in [3.8, 4) is 5.75 Å². The normalized spacial score (nSPS) is 12.0. The quantitative estimate of drug-likeness (QED) is 0.649. The number of ether oxygens (including phenoxy) is 1. The van der Waals surface area contributed by atoms with Gasteiger partial charge in [-0.1, -0.05) is 18.2 Å². The molecule has 1 aromatic heterocycles. The highest BCUT2D eigenvalue weighted by molar-refractivity contribution is 7.16. The molecular weight excluding hydrogens is 370 g/mol. The number of rotatable bonds is 9. The van der Waals surface area contributed by atoms with Crippen LogP contribution in [-0.2, 0) is 11.3 Å². The molecule has 0 aliphatic heterocycles. The third kappa shape index (κ3) is 6.81. The fourth-order valence-electron chi connectivity index (χ4n) is 2.26. The van der Waals surface area contributed by atoms with Crippen LogP contribution in [0.2, 0.25) is 4.34 Å². The summed E-state index contributed by atoms with van der Waals surface area (Å²) in [6, 6.07) is 9.56. The Balaban J connectivity index is 1.90. The molecule has 134 valence electrons. The molecule has 1 atom stereocenters. The molecule has 0 saturated heterocycles. The highest BCUT2D eigenvalue weighted by Gasteiger charge is 2.15. The molecule has 1 heterocycles. The molecule has 2 N–H and O–H groups in total.